The van der Waals surface area contributed by atoms with Crippen LogP contribution in [0.2, 0.25) is 0 Å². The van der Waals surface area contributed by atoms with Crippen LogP contribution in [0.3, 0.4) is 0 Å². The number of hydrogen-bond donors (Lipinski definition) is 1. The Morgan fingerprint density at radius 2 is 1.83 bits per heavy atom. The number of carbonyl (C=O) groups is 2. The first-order valence-corrected chi connectivity index (χ1v) is 7.96. The van der Waals surface area contributed by atoms with Gasteiger partial charge in [-0.15, -0.1) is 0 Å². The van der Waals surface area contributed by atoms with E-state index in [-0.39, 0.29) is 23.8 Å². The zero-order valence-electron chi connectivity index (χ0n) is 13.9. The molecule has 1 N–H and O–H groups in total. The number of fused-ring (bicyclic) bond motifs is 2. The van der Waals surface area contributed by atoms with Gasteiger partial charge in [-0.1, -0.05) is 26.8 Å². The van der Waals surface area contributed by atoms with Crippen molar-refractivity contribution in [1.29, 1.82) is 0 Å². The first kappa shape index (κ1) is 17.0. The number of carbonyl (C=O) groups excluding carboxylic acids is 2. The SMILES string of the molecule is CC1(C)[C@@]2(C(=O)Nc3cccc(C(F)(F)F)c3)CC[C@@]1(C)C(=O)C2. The summed E-state index contributed by atoms with van der Waals surface area (Å²) in [6, 6.07) is 4.58. The van der Waals surface area contributed by atoms with E-state index in [0.29, 0.717) is 12.8 Å². The summed E-state index contributed by atoms with van der Waals surface area (Å²) in [6.07, 6.45) is -3.10. The molecule has 24 heavy (non-hydrogen) atoms. The Bertz CT molecular complexity index is 725. The van der Waals surface area contributed by atoms with Crippen LogP contribution in [0.4, 0.5) is 18.9 Å². The van der Waals surface area contributed by atoms with E-state index in [0.717, 1.165) is 12.1 Å². The first-order chi connectivity index (χ1) is 10.9. The summed E-state index contributed by atoms with van der Waals surface area (Å²) >= 11 is 0. The second-order valence-electron chi connectivity index (χ2n) is 7.67. The third kappa shape index (κ3) is 2.04. The molecule has 1 amide bonds. The second kappa shape index (κ2) is 4.83. The maximum absolute atomic E-state index is 12.9. The Morgan fingerprint density at radius 1 is 1.17 bits per heavy atom. The number of nitrogens with one attached hydrogen (secondary N) is 1. The lowest BCUT2D eigenvalue weighted by Gasteiger charge is -2.38. The summed E-state index contributed by atoms with van der Waals surface area (Å²) in [5, 5.41) is 2.62. The van der Waals surface area contributed by atoms with E-state index in [2.05, 4.69) is 5.32 Å². The highest BCUT2D eigenvalue weighted by Gasteiger charge is 2.72. The van der Waals surface area contributed by atoms with E-state index in [9.17, 15) is 22.8 Å². The highest BCUT2D eigenvalue weighted by molar-refractivity contribution is 6.04. The van der Waals surface area contributed by atoms with Crippen molar-refractivity contribution in [2.45, 2.75) is 46.2 Å². The highest BCUT2D eigenvalue weighted by Crippen LogP contribution is 2.70. The van der Waals surface area contributed by atoms with Crippen molar-refractivity contribution in [2.24, 2.45) is 16.2 Å². The molecule has 0 radical (unpaired) electrons. The van der Waals surface area contributed by atoms with Crippen molar-refractivity contribution in [1.82, 2.24) is 0 Å². The lowest BCUT2D eigenvalue weighted by atomic mass is 9.64. The fraction of sp³-hybridized carbons (Fsp3) is 0.556. The van der Waals surface area contributed by atoms with Gasteiger partial charge in [0.2, 0.25) is 5.91 Å². The third-order valence-electron chi connectivity index (χ3n) is 6.59. The molecule has 6 heteroatoms. The van der Waals surface area contributed by atoms with Gasteiger partial charge in [-0.05, 0) is 36.5 Å². The predicted octanol–water partition coefficient (Wildman–Crippen LogP) is 4.43. The fourth-order valence-corrected chi connectivity index (χ4v) is 4.38. The molecule has 2 bridgehead atoms. The van der Waals surface area contributed by atoms with Gasteiger partial charge in [0.1, 0.15) is 5.78 Å². The standard InChI is InChI=1S/C18H20F3NO2/c1-15(2)16(3)7-8-17(15,10-13(16)23)14(24)22-12-6-4-5-11(9-12)18(19,20)21/h4-6,9H,7-8,10H2,1-3H3,(H,22,24)/t16-,17-/m0/s1. The molecule has 2 atom stereocenters. The van der Waals surface area contributed by atoms with Crippen LogP contribution in [-0.4, -0.2) is 11.7 Å². The molecule has 0 aromatic heterocycles. The number of amides is 1. The molecule has 2 aliphatic rings. The molecule has 3 nitrogen and oxygen atoms in total. The number of ketones is 1. The molecule has 0 spiro atoms. The Kier molecular flexibility index (Phi) is 3.42. The van der Waals surface area contributed by atoms with Gasteiger partial charge in [0.25, 0.3) is 0 Å². The lowest BCUT2D eigenvalue weighted by molar-refractivity contribution is -0.137. The van der Waals surface area contributed by atoms with E-state index in [1.807, 2.05) is 20.8 Å². The molecule has 0 unspecified atom stereocenters. The van der Waals surface area contributed by atoms with Crippen LogP contribution in [0.15, 0.2) is 24.3 Å². The van der Waals surface area contributed by atoms with E-state index >= 15 is 0 Å². The van der Waals surface area contributed by atoms with Crippen LogP contribution >= 0.6 is 0 Å². The predicted molar refractivity (Wildman–Crippen MR) is 83.3 cm³/mol. The molecule has 130 valence electrons. The van der Waals surface area contributed by atoms with Crippen molar-refractivity contribution in [3.63, 3.8) is 0 Å². The van der Waals surface area contributed by atoms with Gasteiger partial charge < -0.3 is 5.32 Å². The highest BCUT2D eigenvalue weighted by atomic mass is 19.4. The average Bonchev–Trinajstić information content (AvgIpc) is 2.77. The van der Waals surface area contributed by atoms with Crippen molar-refractivity contribution < 1.29 is 22.8 Å². The number of benzene rings is 1. The van der Waals surface area contributed by atoms with Gasteiger partial charge in [0.05, 0.1) is 11.0 Å². The molecule has 2 aliphatic carbocycles. The van der Waals surface area contributed by atoms with Crippen LogP contribution in [0.5, 0.6) is 0 Å². The fourth-order valence-electron chi connectivity index (χ4n) is 4.38. The van der Waals surface area contributed by atoms with Crippen molar-refractivity contribution in [3.05, 3.63) is 29.8 Å². The summed E-state index contributed by atoms with van der Waals surface area (Å²) in [5.74, 6) is -0.292. The Hall–Kier alpha value is -1.85. The van der Waals surface area contributed by atoms with Crippen LogP contribution in [0.25, 0.3) is 0 Å². The maximum atomic E-state index is 12.9. The molecule has 0 aliphatic heterocycles. The van der Waals surface area contributed by atoms with Crippen LogP contribution in [0, 0.1) is 16.2 Å². The van der Waals surface area contributed by atoms with Gasteiger partial charge in [0.15, 0.2) is 0 Å². The summed E-state index contributed by atoms with van der Waals surface area (Å²) in [7, 11) is 0. The minimum atomic E-state index is -4.46. The number of anilines is 1. The second-order valence-corrected chi connectivity index (χ2v) is 7.67. The third-order valence-corrected chi connectivity index (χ3v) is 6.59. The van der Waals surface area contributed by atoms with Crippen molar-refractivity contribution >= 4 is 17.4 Å². The lowest BCUT2D eigenvalue weighted by Crippen LogP contribution is -2.43. The topological polar surface area (TPSA) is 46.2 Å². The van der Waals surface area contributed by atoms with Crippen molar-refractivity contribution in [2.75, 3.05) is 5.32 Å². The zero-order valence-corrected chi connectivity index (χ0v) is 13.9. The van der Waals surface area contributed by atoms with E-state index in [4.69, 9.17) is 0 Å². The van der Waals surface area contributed by atoms with E-state index in [1.54, 1.807) is 0 Å². The van der Waals surface area contributed by atoms with Crippen LogP contribution < -0.4 is 5.32 Å². The monoisotopic (exact) mass is 339 g/mol. The van der Waals surface area contributed by atoms with Gasteiger partial charge in [-0.25, -0.2) is 0 Å². The molecular weight excluding hydrogens is 319 g/mol. The summed E-state index contributed by atoms with van der Waals surface area (Å²) in [4.78, 5) is 25.3. The maximum Gasteiger partial charge on any atom is 0.416 e. The normalized spacial score (nSPS) is 31.3. The minimum absolute atomic E-state index is 0.0675. The average molecular weight is 339 g/mol. The number of Topliss-reactive ketones (excluding diaryl/α,β-unsaturated/α-hetero) is 1. The smallest absolute Gasteiger partial charge is 0.326 e. The quantitative estimate of drug-likeness (QED) is 0.866. The number of hydrogen-bond acceptors (Lipinski definition) is 2. The number of alkyl halides is 3. The molecule has 2 fully saturated rings. The van der Waals surface area contributed by atoms with E-state index in [1.165, 1.54) is 12.1 Å². The largest absolute Gasteiger partial charge is 0.416 e. The first-order valence-electron chi connectivity index (χ1n) is 7.96. The van der Waals surface area contributed by atoms with Crippen LogP contribution in [-0.2, 0) is 15.8 Å². The number of rotatable bonds is 2. The molecule has 3 rings (SSSR count). The minimum Gasteiger partial charge on any atom is -0.326 e. The van der Waals surface area contributed by atoms with Gasteiger partial charge in [0, 0.05) is 17.5 Å². The van der Waals surface area contributed by atoms with E-state index < -0.39 is 28.0 Å². The molecule has 2 saturated carbocycles. The van der Waals surface area contributed by atoms with Crippen molar-refractivity contribution in [3.8, 4) is 0 Å². The molecule has 1 aromatic rings. The summed E-state index contributed by atoms with van der Waals surface area (Å²) < 4.78 is 38.5. The molecule has 0 heterocycles. The van der Waals surface area contributed by atoms with Gasteiger partial charge >= 0.3 is 6.18 Å². The summed E-state index contributed by atoms with van der Waals surface area (Å²) in [5.41, 5.74) is -2.63. The Labute approximate surface area is 138 Å². The molecular formula is C18H20F3NO2. The molecule has 1 aromatic carbocycles. The molecule has 0 saturated heterocycles. The zero-order chi connectivity index (χ0) is 18.0. The van der Waals surface area contributed by atoms with Crippen LogP contribution in [0.1, 0.15) is 45.6 Å². The number of halogens is 3. The Morgan fingerprint density at radius 3 is 2.33 bits per heavy atom. The van der Waals surface area contributed by atoms with Gasteiger partial charge in [-0.3, -0.25) is 9.59 Å². The summed E-state index contributed by atoms with van der Waals surface area (Å²) in [6.45, 7) is 5.72. The van der Waals surface area contributed by atoms with Gasteiger partial charge in [-0.2, -0.15) is 13.2 Å². The Balaban J connectivity index is 1.90.